The Morgan fingerprint density at radius 1 is 1.20 bits per heavy atom. The van der Waals surface area contributed by atoms with E-state index >= 15 is 0 Å². The second-order valence-corrected chi connectivity index (χ2v) is 3.74. The number of hydrogen-bond donors (Lipinski definition) is 0. The van der Waals surface area contributed by atoms with Crippen LogP contribution in [0, 0.1) is 0 Å². The summed E-state index contributed by atoms with van der Waals surface area (Å²) < 4.78 is 1.90. The predicted octanol–water partition coefficient (Wildman–Crippen LogP) is 3.00. The van der Waals surface area contributed by atoms with Crippen LogP contribution >= 0.6 is 11.6 Å². The van der Waals surface area contributed by atoms with Gasteiger partial charge in [-0.25, -0.2) is 0 Å². The normalized spacial score (nSPS) is 10.2. The Labute approximate surface area is 93.1 Å². The lowest BCUT2D eigenvalue weighted by Gasteiger charge is -2.05. The van der Waals surface area contributed by atoms with Gasteiger partial charge in [-0.15, -0.1) is 0 Å². The van der Waals surface area contributed by atoms with Gasteiger partial charge in [0.25, 0.3) is 0 Å². The lowest BCUT2D eigenvalue weighted by molar-refractivity contribution is 0.111. The summed E-state index contributed by atoms with van der Waals surface area (Å²) in [7, 11) is 0. The smallest absolute Gasteiger partial charge is 0.166 e. The fourth-order valence-electron chi connectivity index (χ4n) is 1.46. The number of benzene rings is 1. The third kappa shape index (κ3) is 2.28. The molecule has 0 saturated heterocycles. The number of aromatic nitrogens is 1. The van der Waals surface area contributed by atoms with Gasteiger partial charge < -0.3 is 4.57 Å². The second kappa shape index (κ2) is 4.32. The van der Waals surface area contributed by atoms with E-state index in [-0.39, 0.29) is 0 Å². The lowest BCUT2D eigenvalue weighted by atomic mass is 10.2. The molecule has 0 fully saturated rings. The van der Waals surface area contributed by atoms with Crippen molar-refractivity contribution in [1.29, 1.82) is 0 Å². The Kier molecular flexibility index (Phi) is 2.88. The fraction of sp³-hybridized carbons (Fsp3) is 0.0833. The van der Waals surface area contributed by atoms with Crippen LogP contribution in [0.5, 0.6) is 0 Å². The molecule has 0 N–H and O–H groups in total. The minimum Gasteiger partial charge on any atom is -0.341 e. The zero-order valence-electron chi connectivity index (χ0n) is 8.06. The van der Waals surface area contributed by atoms with Gasteiger partial charge in [0.15, 0.2) is 6.29 Å². The minimum absolute atomic E-state index is 0.685. The van der Waals surface area contributed by atoms with Crippen LogP contribution in [-0.2, 0) is 6.54 Å². The van der Waals surface area contributed by atoms with Crippen LogP contribution in [0.25, 0.3) is 0 Å². The number of carbonyl (C=O) groups excluding carboxylic acids is 1. The zero-order chi connectivity index (χ0) is 10.7. The van der Waals surface area contributed by atoms with Gasteiger partial charge in [0.05, 0.1) is 5.69 Å². The Morgan fingerprint density at radius 3 is 2.60 bits per heavy atom. The summed E-state index contributed by atoms with van der Waals surface area (Å²) in [6.07, 6.45) is 2.74. The molecule has 0 spiro atoms. The Balaban J connectivity index is 2.21. The number of hydrogen-bond acceptors (Lipinski definition) is 1. The molecule has 0 radical (unpaired) electrons. The zero-order valence-corrected chi connectivity index (χ0v) is 8.82. The summed E-state index contributed by atoms with van der Waals surface area (Å²) >= 11 is 5.79. The number of nitrogens with zero attached hydrogens (tertiary/aromatic N) is 1. The summed E-state index contributed by atoms with van der Waals surface area (Å²) in [5.74, 6) is 0. The van der Waals surface area contributed by atoms with E-state index in [2.05, 4.69) is 0 Å². The van der Waals surface area contributed by atoms with Crippen molar-refractivity contribution in [3.63, 3.8) is 0 Å². The molecular formula is C12H10ClNO. The predicted molar refractivity (Wildman–Crippen MR) is 60.4 cm³/mol. The summed E-state index contributed by atoms with van der Waals surface area (Å²) in [6, 6.07) is 11.3. The Morgan fingerprint density at radius 2 is 1.93 bits per heavy atom. The number of carbonyl (C=O) groups is 1. The maximum atomic E-state index is 10.7. The highest BCUT2D eigenvalue weighted by Crippen LogP contribution is 2.11. The first-order chi connectivity index (χ1) is 7.29. The second-order valence-electron chi connectivity index (χ2n) is 3.31. The van der Waals surface area contributed by atoms with E-state index in [4.69, 9.17) is 11.6 Å². The van der Waals surface area contributed by atoms with Gasteiger partial charge in [0.2, 0.25) is 0 Å². The van der Waals surface area contributed by atoms with Crippen LogP contribution in [0.3, 0.4) is 0 Å². The van der Waals surface area contributed by atoms with Crippen molar-refractivity contribution in [2.24, 2.45) is 0 Å². The average molecular weight is 220 g/mol. The van der Waals surface area contributed by atoms with Crippen molar-refractivity contribution in [1.82, 2.24) is 4.57 Å². The molecule has 2 nitrogen and oxygen atoms in total. The first kappa shape index (κ1) is 9.99. The molecule has 0 saturated carbocycles. The molecule has 2 rings (SSSR count). The average Bonchev–Trinajstić information content (AvgIpc) is 2.69. The van der Waals surface area contributed by atoms with Gasteiger partial charge in [-0.2, -0.15) is 0 Å². The summed E-state index contributed by atoms with van der Waals surface area (Å²) in [5.41, 5.74) is 1.81. The van der Waals surface area contributed by atoms with Gasteiger partial charge in [-0.1, -0.05) is 23.7 Å². The van der Waals surface area contributed by atoms with E-state index in [9.17, 15) is 4.79 Å². The van der Waals surface area contributed by atoms with Gasteiger partial charge in [-0.3, -0.25) is 4.79 Å². The minimum atomic E-state index is 0.685. The molecule has 76 valence electrons. The number of rotatable bonds is 3. The maximum absolute atomic E-state index is 10.7. The van der Waals surface area contributed by atoms with Crippen LogP contribution in [0.15, 0.2) is 42.6 Å². The lowest BCUT2D eigenvalue weighted by Crippen LogP contribution is -2.01. The van der Waals surface area contributed by atoms with Crippen molar-refractivity contribution in [2.75, 3.05) is 0 Å². The van der Waals surface area contributed by atoms with Gasteiger partial charge >= 0.3 is 0 Å². The van der Waals surface area contributed by atoms with E-state index in [1.807, 2.05) is 41.1 Å². The number of aldehydes is 1. The quantitative estimate of drug-likeness (QED) is 0.728. The molecule has 0 aliphatic carbocycles. The molecule has 0 aliphatic heterocycles. The van der Waals surface area contributed by atoms with E-state index in [1.54, 1.807) is 6.07 Å². The van der Waals surface area contributed by atoms with Crippen molar-refractivity contribution >= 4 is 17.9 Å². The van der Waals surface area contributed by atoms with E-state index in [0.717, 1.165) is 16.9 Å². The summed E-state index contributed by atoms with van der Waals surface area (Å²) in [4.78, 5) is 10.7. The standard InChI is InChI=1S/C12H10ClNO/c13-11-5-3-10(4-6-11)8-14-7-1-2-12(14)9-15/h1-7,9H,8H2. The van der Waals surface area contributed by atoms with E-state index < -0.39 is 0 Å². The first-order valence-electron chi connectivity index (χ1n) is 4.64. The van der Waals surface area contributed by atoms with E-state index in [0.29, 0.717) is 12.2 Å². The Hall–Kier alpha value is -1.54. The molecule has 0 atom stereocenters. The van der Waals surface area contributed by atoms with Crippen molar-refractivity contribution < 1.29 is 4.79 Å². The molecule has 15 heavy (non-hydrogen) atoms. The third-order valence-electron chi connectivity index (χ3n) is 2.25. The highest BCUT2D eigenvalue weighted by atomic mass is 35.5. The molecular weight excluding hydrogens is 210 g/mol. The monoisotopic (exact) mass is 219 g/mol. The maximum Gasteiger partial charge on any atom is 0.166 e. The molecule has 0 aliphatic rings. The largest absolute Gasteiger partial charge is 0.341 e. The van der Waals surface area contributed by atoms with Crippen molar-refractivity contribution in [3.05, 3.63) is 58.9 Å². The van der Waals surface area contributed by atoms with Crippen LogP contribution in [0.1, 0.15) is 16.1 Å². The molecule has 0 unspecified atom stereocenters. The van der Waals surface area contributed by atoms with Gasteiger partial charge in [0, 0.05) is 17.8 Å². The Bertz CT molecular complexity index is 459. The van der Waals surface area contributed by atoms with E-state index in [1.165, 1.54) is 0 Å². The SMILES string of the molecule is O=Cc1cccn1Cc1ccc(Cl)cc1. The molecule has 0 bridgehead atoms. The molecule has 1 aromatic heterocycles. The summed E-state index contributed by atoms with van der Waals surface area (Å²) in [6.45, 7) is 0.693. The van der Waals surface area contributed by atoms with Crippen molar-refractivity contribution in [3.8, 4) is 0 Å². The molecule has 2 aromatic rings. The van der Waals surface area contributed by atoms with Crippen LogP contribution in [0.2, 0.25) is 5.02 Å². The first-order valence-corrected chi connectivity index (χ1v) is 5.02. The summed E-state index contributed by atoms with van der Waals surface area (Å²) in [5, 5.41) is 0.724. The third-order valence-corrected chi connectivity index (χ3v) is 2.50. The molecule has 3 heteroatoms. The molecule has 1 aromatic carbocycles. The fourth-order valence-corrected chi connectivity index (χ4v) is 1.59. The molecule has 1 heterocycles. The van der Waals surface area contributed by atoms with Gasteiger partial charge in [-0.05, 0) is 29.8 Å². The van der Waals surface area contributed by atoms with Crippen molar-refractivity contribution in [2.45, 2.75) is 6.54 Å². The van der Waals surface area contributed by atoms with Crippen LogP contribution < -0.4 is 0 Å². The van der Waals surface area contributed by atoms with Crippen LogP contribution in [-0.4, -0.2) is 10.9 Å². The topological polar surface area (TPSA) is 22.0 Å². The molecule has 0 amide bonds. The highest BCUT2D eigenvalue weighted by molar-refractivity contribution is 6.30. The highest BCUT2D eigenvalue weighted by Gasteiger charge is 1.99. The number of halogens is 1. The van der Waals surface area contributed by atoms with Crippen LogP contribution in [0.4, 0.5) is 0 Å². The van der Waals surface area contributed by atoms with Gasteiger partial charge in [0.1, 0.15) is 0 Å².